The highest BCUT2D eigenvalue weighted by molar-refractivity contribution is 7.12. The lowest BCUT2D eigenvalue weighted by Gasteiger charge is -2.04. The molecule has 2 nitrogen and oxygen atoms in total. The molecule has 0 amide bonds. The zero-order valence-electron chi connectivity index (χ0n) is 9.47. The molecule has 0 bridgehead atoms. The third-order valence-corrected chi connectivity index (χ3v) is 3.71. The average Bonchev–Trinajstić information content (AvgIpc) is 3.06. The fraction of sp³-hybridized carbons (Fsp3) is 0.214. The third-order valence-electron chi connectivity index (χ3n) is 2.82. The molecule has 0 radical (unpaired) electrons. The van der Waals surface area contributed by atoms with Crippen LogP contribution in [-0.4, -0.2) is 5.71 Å². The molecule has 0 aliphatic heterocycles. The fourth-order valence-electron chi connectivity index (χ4n) is 1.77. The molecule has 86 valence electrons. The molecule has 0 unspecified atom stereocenters. The van der Waals surface area contributed by atoms with Gasteiger partial charge in [-0.25, -0.2) is 0 Å². The molecule has 1 saturated carbocycles. The van der Waals surface area contributed by atoms with Gasteiger partial charge in [0.2, 0.25) is 0 Å². The predicted molar refractivity (Wildman–Crippen MR) is 73.6 cm³/mol. The summed E-state index contributed by atoms with van der Waals surface area (Å²) in [6.07, 6.45) is 2.54. The quantitative estimate of drug-likeness (QED) is 0.636. The minimum Gasteiger partial charge on any atom is -0.278 e. The van der Waals surface area contributed by atoms with E-state index in [9.17, 15) is 0 Å². The first kappa shape index (κ1) is 10.5. The van der Waals surface area contributed by atoms with Crippen molar-refractivity contribution in [3.8, 4) is 0 Å². The summed E-state index contributed by atoms with van der Waals surface area (Å²) in [5.74, 6) is 0.657. The van der Waals surface area contributed by atoms with Crippen LogP contribution in [0, 0.1) is 5.92 Å². The van der Waals surface area contributed by atoms with E-state index in [0.29, 0.717) is 5.92 Å². The van der Waals surface area contributed by atoms with Crippen molar-refractivity contribution in [1.29, 1.82) is 0 Å². The van der Waals surface area contributed by atoms with Gasteiger partial charge in [0.05, 0.1) is 16.3 Å². The van der Waals surface area contributed by atoms with Crippen LogP contribution in [0.1, 0.15) is 17.7 Å². The van der Waals surface area contributed by atoms with Crippen LogP contribution in [0.15, 0.2) is 52.9 Å². The molecule has 1 aliphatic carbocycles. The molecule has 2 aromatic rings. The van der Waals surface area contributed by atoms with Gasteiger partial charge < -0.3 is 0 Å². The topological polar surface area (TPSA) is 24.4 Å². The van der Waals surface area contributed by atoms with E-state index >= 15 is 0 Å². The van der Waals surface area contributed by atoms with Crippen molar-refractivity contribution >= 4 is 22.7 Å². The SMILES string of the molecule is c1ccc(N/N=C(\c2cccs2)C2CC2)cc1. The fourth-order valence-corrected chi connectivity index (χ4v) is 2.56. The largest absolute Gasteiger partial charge is 0.278 e. The van der Waals surface area contributed by atoms with E-state index in [-0.39, 0.29) is 0 Å². The number of hydrogen-bond acceptors (Lipinski definition) is 3. The van der Waals surface area contributed by atoms with Gasteiger partial charge in [-0.3, -0.25) is 5.43 Å². The van der Waals surface area contributed by atoms with Gasteiger partial charge in [0.25, 0.3) is 0 Å². The molecule has 1 aliphatic rings. The van der Waals surface area contributed by atoms with Gasteiger partial charge in [0.1, 0.15) is 0 Å². The Bertz CT molecular complexity index is 498. The van der Waals surface area contributed by atoms with Crippen LogP contribution in [0.4, 0.5) is 5.69 Å². The van der Waals surface area contributed by atoms with E-state index in [1.165, 1.54) is 23.4 Å². The smallest absolute Gasteiger partial charge is 0.0809 e. The van der Waals surface area contributed by atoms with E-state index in [2.05, 4.69) is 28.0 Å². The van der Waals surface area contributed by atoms with E-state index in [4.69, 9.17) is 0 Å². The predicted octanol–water partition coefficient (Wildman–Crippen LogP) is 3.97. The lowest BCUT2D eigenvalue weighted by molar-refractivity contribution is 1.16. The number of nitrogens with one attached hydrogen (secondary N) is 1. The second-order valence-corrected chi connectivity index (χ2v) is 5.17. The number of hydrogen-bond donors (Lipinski definition) is 1. The zero-order valence-corrected chi connectivity index (χ0v) is 10.3. The third kappa shape index (κ3) is 2.56. The molecule has 1 heterocycles. The first-order valence-electron chi connectivity index (χ1n) is 5.86. The molecule has 1 aromatic carbocycles. The van der Waals surface area contributed by atoms with Gasteiger partial charge >= 0.3 is 0 Å². The Morgan fingerprint density at radius 2 is 1.94 bits per heavy atom. The summed E-state index contributed by atoms with van der Waals surface area (Å²) in [5.41, 5.74) is 5.40. The van der Waals surface area contributed by atoms with Crippen LogP contribution in [0.5, 0.6) is 0 Å². The highest BCUT2D eigenvalue weighted by Crippen LogP contribution is 2.34. The van der Waals surface area contributed by atoms with E-state index in [1.807, 2.05) is 30.3 Å². The lowest BCUT2D eigenvalue weighted by atomic mass is 10.2. The normalized spacial score (nSPS) is 15.9. The molecule has 1 aromatic heterocycles. The molecular weight excluding hydrogens is 228 g/mol. The number of nitrogens with zero attached hydrogens (tertiary/aromatic N) is 1. The van der Waals surface area contributed by atoms with Crippen LogP contribution in [-0.2, 0) is 0 Å². The van der Waals surface area contributed by atoms with Crippen molar-refractivity contribution < 1.29 is 0 Å². The highest BCUT2D eigenvalue weighted by Gasteiger charge is 2.29. The maximum atomic E-state index is 4.58. The molecule has 1 N–H and O–H groups in total. The van der Waals surface area contributed by atoms with Gasteiger partial charge in [0, 0.05) is 5.92 Å². The summed E-state index contributed by atoms with van der Waals surface area (Å²) in [7, 11) is 0. The summed E-state index contributed by atoms with van der Waals surface area (Å²) >= 11 is 1.76. The Hall–Kier alpha value is -1.61. The van der Waals surface area contributed by atoms with E-state index < -0.39 is 0 Å². The molecule has 0 spiro atoms. The Labute approximate surface area is 105 Å². The zero-order chi connectivity index (χ0) is 11.5. The van der Waals surface area contributed by atoms with Crippen molar-refractivity contribution in [1.82, 2.24) is 0 Å². The van der Waals surface area contributed by atoms with Gasteiger partial charge in [-0.15, -0.1) is 11.3 Å². The number of para-hydroxylation sites is 1. The maximum Gasteiger partial charge on any atom is 0.0809 e. The van der Waals surface area contributed by atoms with Crippen molar-refractivity contribution in [2.75, 3.05) is 5.43 Å². The number of hydrazone groups is 1. The molecule has 0 saturated heterocycles. The Kier molecular flexibility index (Phi) is 2.92. The van der Waals surface area contributed by atoms with Crippen molar-refractivity contribution in [2.24, 2.45) is 11.0 Å². The first-order valence-corrected chi connectivity index (χ1v) is 6.74. The maximum absolute atomic E-state index is 4.58. The minimum atomic E-state index is 0.657. The summed E-state index contributed by atoms with van der Waals surface area (Å²) in [6.45, 7) is 0. The van der Waals surface area contributed by atoms with Crippen LogP contribution in [0.25, 0.3) is 0 Å². The molecule has 1 fully saturated rings. The number of thiophene rings is 1. The van der Waals surface area contributed by atoms with Crippen molar-refractivity contribution in [2.45, 2.75) is 12.8 Å². The van der Waals surface area contributed by atoms with Gasteiger partial charge in [-0.2, -0.15) is 5.10 Å². The summed E-state index contributed by atoms with van der Waals surface area (Å²) in [4.78, 5) is 1.29. The molecule has 3 heteroatoms. The van der Waals surface area contributed by atoms with E-state index in [1.54, 1.807) is 11.3 Å². The van der Waals surface area contributed by atoms with Crippen LogP contribution < -0.4 is 5.43 Å². The van der Waals surface area contributed by atoms with Gasteiger partial charge in [-0.1, -0.05) is 24.3 Å². The monoisotopic (exact) mass is 242 g/mol. The first-order chi connectivity index (χ1) is 8.43. The second kappa shape index (κ2) is 4.72. The lowest BCUT2D eigenvalue weighted by Crippen LogP contribution is -2.04. The molecule has 17 heavy (non-hydrogen) atoms. The Morgan fingerprint density at radius 3 is 2.59 bits per heavy atom. The molecule has 3 rings (SSSR count). The summed E-state index contributed by atoms with van der Waals surface area (Å²) in [5, 5.41) is 6.68. The number of rotatable bonds is 4. The summed E-state index contributed by atoms with van der Waals surface area (Å²) in [6, 6.07) is 14.3. The second-order valence-electron chi connectivity index (χ2n) is 4.23. The van der Waals surface area contributed by atoms with Gasteiger partial charge in [-0.05, 0) is 36.4 Å². The Balaban J connectivity index is 1.80. The number of benzene rings is 1. The van der Waals surface area contributed by atoms with E-state index in [0.717, 1.165) is 5.69 Å². The number of anilines is 1. The van der Waals surface area contributed by atoms with Crippen molar-refractivity contribution in [3.63, 3.8) is 0 Å². The van der Waals surface area contributed by atoms with Crippen LogP contribution >= 0.6 is 11.3 Å². The standard InChI is InChI=1S/C14H14N2S/c1-2-5-12(6-3-1)15-16-14(11-8-9-11)13-7-4-10-17-13/h1-7,10-11,15H,8-9H2/b16-14-. The van der Waals surface area contributed by atoms with Gasteiger partial charge in [0.15, 0.2) is 0 Å². The van der Waals surface area contributed by atoms with Crippen LogP contribution in [0.3, 0.4) is 0 Å². The highest BCUT2D eigenvalue weighted by atomic mass is 32.1. The minimum absolute atomic E-state index is 0.657. The van der Waals surface area contributed by atoms with Crippen LogP contribution in [0.2, 0.25) is 0 Å². The average molecular weight is 242 g/mol. The molecule has 0 atom stereocenters. The summed E-state index contributed by atoms with van der Waals surface area (Å²) < 4.78 is 0. The Morgan fingerprint density at radius 1 is 1.12 bits per heavy atom. The van der Waals surface area contributed by atoms with Crippen molar-refractivity contribution in [3.05, 3.63) is 52.7 Å². The molecular formula is C14H14N2S.